The summed E-state index contributed by atoms with van der Waals surface area (Å²) < 4.78 is 27.1. The minimum atomic E-state index is -1.38. The van der Waals surface area contributed by atoms with Crippen molar-refractivity contribution in [3.63, 3.8) is 0 Å². The molecule has 2 unspecified atom stereocenters. The maximum absolute atomic E-state index is 13.1. The van der Waals surface area contributed by atoms with Gasteiger partial charge in [0.05, 0.1) is 22.7 Å². The Morgan fingerprint density at radius 3 is 2.52 bits per heavy atom. The number of rotatable bonds is 5. The lowest BCUT2D eigenvalue weighted by Crippen LogP contribution is -2.52. The Balaban J connectivity index is 1.81. The van der Waals surface area contributed by atoms with Crippen LogP contribution in [0.3, 0.4) is 0 Å². The van der Waals surface area contributed by atoms with Crippen LogP contribution in [0.1, 0.15) is 66.0 Å². The van der Waals surface area contributed by atoms with Gasteiger partial charge in [-0.25, -0.2) is 0 Å². The lowest BCUT2D eigenvalue weighted by atomic mass is 9.82. The van der Waals surface area contributed by atoms with E-state index in [0.29, 0.717) is 30.0 Å². The summed E-state index contributed by atoms with van der Waals surface area (Å²) in [5.41, 5.74) is 0.549. The van der Waals surface area contributed by atoms with Crippen molar-refractivity contribution < 1.29 is 23.9 Å². The Morgan fingerprint density at radius 2 is 1.97 bits per heavy atom. The second-order valence-electron chi connectivity index (χ2n) is 10.3. The number of amides is 1. The Kier molecular flexibility index (Phi) is 8.21. The molecule has 5 atom stereocenters. The summed E-state index contributed by atoms with van der Waals surface area (Å²) in [4.78, 5) is 14.9. The lowest BCUT2D eigenvalue weighted by Gasteiger charge is -2.42. The predicted octanol–water partition coefficient (Wildman–Crippen LogP) is 4.57. The van der Waals surface area contributed by atoms with E-state index in [1.165, 1.54) is 6.07 Å². The summed E-state index contributed by atoms with van der Waals surface area (Å²) in [6.07, 6.45) is 0.702. The first-order valence-electron chi connectivity index (χ1n) is 11.2. The number of piperidine rings is 1. The molecule has 0 aliphatic carbocycles. The number of carbonyl (C=O) groups excluding carboxylic acids is 1. The van der Waals surface area contributed by atoms with Crippen molar-refractivity contribution in [1.29, 1.82) is 0 Å². The van der Waals surface area contributed by atoms with Crippen molar-refractivity contribution in [2.24, 2.45) is 5.92 Å². The fraction of sp³-hybridized carbons (Fsp3) is 0.696. The summed E-state index contributed by atoms with van der Waals surface area (Å²) >= 11 is 11.0. The van der Waals surface area contributed by atoms with Gasteiger partial charge in [0.2, 0.25) is 0 Å². The number of phenols is 1. The molecule has 33 heavy (non-hydrogen) atoms. The highest BCUT2D eigenvalue weighted by atomic mass is 35.5. The molecule has 0 saturated carbocycles. The van der Waals surface area contributed by atoms with Crippen molar-refractivity contribution in [3.8, 4) is 5.75 Å². The molecule has 2 fully saturated rings. The summed E-state index contributed by atoms with van der Waals surface area (Å²) in [6, 6.07) is 2.55. The number of halogens is 2. The van der Waals surface area contributed by atoms with Crippen molar-refractivity contribution >= 4 is 40.5 Å². The van der Waals surface area contributed by atoms with Crippen LogP contribution >= 0.6 is 23.2 Å². The average molecular weight is 522 g/mol. The normalized spacial score (nSPS) is 27.4. The maximum Gasteiger partial charge on any atom is 0.254 e. The minimum Gasteiger partial charge on any atom is -0.598 e. The van der Waals surface area contributed by atoms with Gasteiger partial charge in [0, 0.05) is 35.6 Å². The molecule has 0 spiro atoms. The monoisotopic (exact) mass is 520 g/mol. The molecule has 1 aromatic carbocycles. The molecule has 2 aliphatic heterocycles. The van der Waals surface area contributed by atoms with Gasteiger partial charge in [0.15, 0.2) is 11.9 Å². The Labute approximate surface area is 209 Å². The predicted molar refractivity (Wildman–Crippen MR) is 131 cm³/mol. The molecule has 0 bridgehead atoms. The van der Waals surface area contributed by atoms with Crippen LogP contribution in [0.15, 0.2) is 12.1 Å². The molecule has 10 heteroatoms. The third-order valence-corrected chi connectivity index (χ3v) is 8.45. The second kappa shape index (κ2) is 10.1. The fourth-order valence-corrected chi connectivity index (χ4v) is 5.57. The summed E-state index contributed by atoms with van der Waals surface area (Å²) in [5, 5.41) is 11.2. The summed E-state index contributed by atoms with van der Waals surface area (Å²) in [6.45, 7) is 12.0. The van der Waals surface area contributed by atoms with Crippen LogP contribution in [0.25, 0.3) is 0 Å². The van der Waals surface area contributed by atoms with Crippen molar-refractivity contribution in [3.05, 3.63) is 27.7 Å². The third kappa shape index (κ3) is 6.28. The van der Waals surface area contributed by atoms with Gasteiger partial charge in [-0.05, 0) is 66.4 Å². The second-order valence-corrected chi connectivity index (χ2v) is 13.1. The van der Waals surface area contributed by atoms with E-state index in [9.17, 15) is 14.5 Å². The topological polar surface area (TPSA) is 94.1 Å². The number of likely N-dealkylation sites (tertiary alicyclic amines) is 1. The van der Waals surface area contributed by atoms with E-state index < -0.39 is 34.0 Å². The highest BCUT2D eigenvalue weighted by Crippen LogP contribution is 2.41. The van der Waals surface area contributed by atoms with Gasteiger partial charge < -0.3 is 24.0 Å². The molecule has 2 aliphatic rings. The number of benzene rings is 1. The first-order chi connectivity index (χ1) is 15.2. The van der Waals surface area contributed by atoms with Crippen LogP contribution in [0.4, 0.5) is 0 Å². The maximum atomic E-state index is 13.1. The van der Waals surface area contributed by atoms with E-state index in [2.05, 4.69) is 4.72 Å². The molecule has 2 N–H and O–H groups in total. The highest BCUT2D eigenvalue weighted by molar-refractivity contribution is 7.90. The number of carbonyl (C=O) groups is 1. The van der Waals surface area contributed by atoms with Crippen molar-refractivity contribution in [2.45, 2.75) is 83.1 Å². The SMILES string of the molecule is CC1CC([C@@H](N[S@@+]([O-])C(C)(C)C)c2cc(Cl)c(Cl)cc2O)CCN1C(=O)[C@H]1COC(C)(C)O1. The van der Waals surface area contributed by atoms with Crippen LogP contribution in [0, 0.1) is 5.92 Å². The van der Waals surface area contributed by atoms with Crippen LogP contribution in [0.5, 0.6) is 5.75 Å². The van der Waals surface area contributed by atoms with Crippen molar-refractivity contribution in [1.82, 2.24) is 9.62 Å². The van der Waals surface area contributed by atoms with E-state index in [1.807, 2.05) is 32.6 Å². The first kappa shape index (κ1) is 26.9. The average Bonchev–Trinajstić information content (AvgIpc) is 3.07. The van der Waals surface area contributed by atoms with Gasteiger partial charge >= 0.3 is 0 Å². The van der Waals surface area contributed by atoms with Crippen molar-refractivity contribution in [2.75, 3.05) is 13.2 Å². The van der Waals surface area contributed by atoms with E-state index in [-0.39, 0.29) is 35.2 Å². The number of aromatic hydroxyl groups is 1. The molecule has 7 nitrogen and oxygen atoms in total. The molecular formula is C23H34Cl2N2O5S. The van der Waals surface area contributed by atoms with Gasteiger partial charge in [0.25, 0.3) is 5.91 Å². The molecule has 2 heterocycles. The first-order valence-corrected chi connectivity index (χ1v) is 13.1. The van der Waals surface area contributed by atoms with Crippen LogP contribution in [0.2, 0.25) is 10.0 Å². The Morgan fingerprint density at radius 1 is 1.33 bits per heavy atom. The molecular weight excluding hydrogens is 487 g/mol. The Bertz CT molecular complexity index is 879. The molecule has 0 aromatic heterocycles. The van der Waals surface area contributed by atoms with Gasteiger partial charge in [0.1, 0.15) is 10.5 Å². The number of phenolic OH excluding ortho intramolecular Hbond substituents is 1. The van der Waals surface area contributed by atoms with Gasteiger partial charge in [-0.2, -0.15) is 0 Å². The molecule has 1 aromatic rings. The Hall–Kier alpha value is -0.740. The highest BCUT2D eigenvalue weighted by Gasteiger charge is 2.43. The van der Waals surface area contributed by atoms with Crippen LogP contribution in [-0.4, -0.2) is 56.3 Å². The zero-order valence-electron chi connectivity index (χ0n) is 20.0. The quantitative estimate of drug-likeness (QED) is 0.552. The number of hydrogen-bond acceptors (Lipinski definition) is 6. The van der Waals surface area contributed by atoms with E-state index >= 15 is 0 Å². The summed E-state index contributed by atoms with van der Waals surface area (Å²) in [7, 11) is 0. The zero-order valence-corrected chi connectivity index (χ0v) is 22.3. The van der Waals surface area contributed by atoms with Crippen LogP contribution < -0.4 is 4.72 Å². The zero-order chi connectivity index (χ0) is 24.7. The van der Waals surface area contributed by atoms with Gasteiger partial charge in [-0.3, -0.25) is 4.79 Å². The summed E-state index contributed by atoms with van der Waals surface area (Å²) in [5.74, 6) is -0.834. The third-order valence-electron chi connectivity index (χ3n) is 6.15. The van der Waals surface area contributed by atoms with E-state index in [1.54, 1.807) is 19.9 Å². The number of nitrogens with one attached hydrogen (secondary N) is 1. The fourth-order valence-electron chi connectivity index (χ4n) is 4.34. The van der Waals surface area contributed by atoms with E-state index in [0.717, 1.165) is 0 Å². The number of ether oxygens (including phenoxy) is 2. The molecule has 0 radical (unpaired) electrons. The smallest absolute Gasteiger partial charge is 0.254 e. The standard InChI is InChI=1S/C23H34Cl2N2O5S/c1-13-9-14(7-8-27(13)21(29)19-12-31-23(5,6)32-19)20(26-33(30)22(2,3)4)15-10-16(24)17(25)11-18(15)28/h10-11,13-14,19-20,26,28H,7-9,12H2,1-6H3/t13?,14?,19-,20-,33+/m1/s1. The van der Waals surface area contributed by atoms with Gasteiger partial charge in [-0.15, -0.1) is 4.72 Å². The number of hydrogen-bond donors (Lipinski definition) is 2. The van der Waals surface area contributed by atoms with Gasteiger partial charge in [-0.1, -0.05) is 23.2 Å². The largest absolute Gasteiger partial charge is 0.598 e. The molecule has 2 saturated heterocycles. The van der Waals surface area contributed by atoms with Crippen LogP contribution in [-0.2, 0) is 25.6 Å². The number of nitrogens with zero attached hydrogens (tertiary/aromatic N) is 1. The van der Waals surface area contributed by atoms with E-state index in [4.69, 9.17) is 32.7 Å². The molecule has 3 rings (SSSR count). The minimum absolute atomic E-state index is 0.00213. The lowest BCUT2D eigenvalue weighted by molar-refractivity contribution is -0.163. The molecule has 1 amide bonds. The molecule has 186 valence electrons.